The van der Waals surface area contributed by atoms with Crippen molar-refractivity contribution in [2.24, 2.45) is 28.9 Å². The summed E-state index contributed by atoms with van der Waals surface area (Å²) in [6.45, 7) is 0.238. The molecule has 0 radical (unpaired) electrons. The molecule has 1 heterocycles. The predicted octanol–water partition coefficient (Wildman–Crippen LogP) is 0.954. The van der Waals surface area contributed by atoms with E-state index in [0.717, 1.165) is 19.3 Å². The summed E-state index contributed by atoms with van der Waals surface area (Å²) in [6.07, 6.45) is 4.78. The number of methoxy groups -OCH3 is 1. The highest BCUT2D eigenvalue weighted by molar-refractivity contribution is 7.90. The molecule has 1 aliphatic heterocycles. The fraction of sp³-hybridized carbons (Fsp3) is 0.652. The zero-order chi connectivity index (χ0) is 24.3. The van der Waals surface area contributed by atoms with Gasteiger partial charge in [0.15, 0.2) is 0 Å². The highest BCUT2D eigenvalue weighted by Crippen LogP contribution is 2.59. The first kappa shape index (κ1) is 23.2. The lowest BCUT2D eigenvalue weighted by molar-refractivity contribution is -0.147. The number of hydrogen-bond donors (Lipinski definition) is 3. The number of nitrogens with two attached hydrogens (primary N) is 1. The van der Waals surface area contributed by atoms with Gasteiger partial charge >= 0.3 is 10.2 Å². The molecule has 2 unspecified atom stereocenters. The molecular formula is C23H32N4O6S. The Morgan fingerprint density at radius 1 is 1.21 bits per heavy atom. The Morgan fingerprint density at radius 2 is 1.91 bits per heavy atom. The Bertz CT molecular complexity index is 1090. The van der Waals surface area contributed by atoms with Crippen molar-refractivity contribution in [3.8, 4) is 11.5 Å². The van der Waals surface area contributed by atoms with E-state index in [4.69, 9.17) is 10.5 Å². The molecule has 0 aromatic heterocycles. The van der Waals surface area contributed by atoms with Gasteiger partial charge in [0.1, 0.15) is 11.5 Å². The minimum Gasteiger partial charge on any atom is -0.508 e. The lowest BCUT2D eigenvalue weighted by atomic mass is 9.47. The van der Waals surface area contributed by atoms with Crippen LogP contribution in [-0.4, -0.2) is 62.4 Å². The van der Waals surface area contributed by atoms with Crippen LogP contribution >= 0.6 is 0 Å². The zero-order valence-electron chi connectivity index (χ0n) is 19.3. The summed E-state index contributed by atoms with van der Waals surface area (Å²) < 4.78 is 34.4. The van der Waals surface area contributed by atoms with Crippen molar-refractivity contribution in [3.05, 3.63) is 18.2 Å². The molecule has 10 nitrogen and oxygen atoms in total. The maximum atomic E-state index is 13.4. The fourth-order valence-corrected chi connectivity index (χ4v) is 8.67. The lowest BCUT2D eigenvalue weighted by Gasteiger charge is -2.58. The molecule has 5 aliphatic rings. The van der Waals surface area contributed by atoms with Gasteiger partial charge in [0.25, 0.3) is 0 Å². The first-order chi connectivity index (χ1) is 16.1. The summed E-state index contributed by atoms with van der Waals surface area (Å²) in [7, 11) is -2.55. The molecule has 2 atom stereocenters. The molecule has 34 heavy (non-hydrogen) atoms. The van der Waals surface area contributed by atoms with E-state index >= 15 is 0 Å². The van der Waals surface area contributed by atoms with Crippen molar-refractivity contribution in [2.45, 2.75) is 44.6 Å². The number of ether oxygens (including phenoxy) is 1. The molecule has 1 saturated heterocycles. The van der Waals surface area contributed by atoms with Crippen LogP contribution in [0.3, 0.4) is 0 Å². The van der Waals surface area contributed by atoms with Crippen molar-refractivity contribution in [1.29, 1.82) is 0 Å². The van der Waals surface area contributed by atoms with Crippen molar-refractivity contribution >= 4 is 27.7 Å². The molecule has 186 valence electrons. The number of nitrogens with zero attached hydrogens (tertiary/aromatic N) is 2. The SMILES string of the molecule is COc1cc(O)ccc1N1CCCN(CC(=O)NC2C3CC4CC2CC(C(N)=O)(C4)C3)S1(=O)=O. The number of hydrogen-bond acceptors (Lipinski definition) is 6. The number of aromatic hydroxyl groups is 1. The Morgan fingerprint density at radius 3 is 2.56 bits per heavy atom. The summed E-state index contributed by atoms with van der Waals surface area (Å²) >= 11 is 0. The zero-order valence-corrected chi connectivity index (χ0v) is 20.1. The van der Waals surface area contributed by atoms with Gasteiger partial charge in [-0.25, -0.2) is 0 Å². The van der Waals surface area contributed by atoms with E-state index in [2.05, 4.69) is 5.32 Å². The molecule has 2 amide bonds. The summed E-state index contributed by atoms with van der Waals surface area (Å²) in [5.41, 5.74) is 5.64. The lowest BCUT2D eigenvalue weighted by Crippen LogP contribution is -2.63. The first-order valence-corrected chi connectivity index (χ1v) is 13.3. The van der Waals surface area contributed by atoms with Gasteiger partial charge < -0.3 is 20.9 Å². The molecule has 4 saturated carbocycles. The molecule has 0 spiro atoms. The van der Waals surface area contributed by atoms with Gasteiger partial charge in [0.05, 0.1) is 19.3 Å². The summed E-state index contributed by atoms with van der Waals surface area (Å²) in [4.78, 5) is 25.2. The van der Waals surface area contributed by atoms with Gasteiger partial charge in [-0.2, -0.15) is 12.7 Å². The number of amides is 2. The largest absolute Gasteiger partial charge is 0.508 e. The molecule has 1 aromatic carbocycles. The number of rotatable bonds is 6. The van der Waals surface area contributed by atoms with Gasteiger partial charge in [-0.3, -0.25) is 13.9 Å². The van der Waals surface area contributed by atoms with Crippen LogP contribution in [0.1, 0.15) is 38.5 Å². The van der Waals surface area contributed by atoms with Crippen LogP contribution < -0.4 is 20.1 Å². The monoisotopic (exact) mass is 492 g/mol. The van der Waals surface area contributed by atoms with Crippen LogP contribution in [-0.2, 0) is 19.8 Å². The van der Waals surface area contributed by atoms with Crippen molar-refractivity contribution < 1.29 is 27.9 Å². The maximum absolute atomic E-state index is 13.4. The van der Waals surface area contributed by atoms with Gasteiger partial charge in [0.2, 0.25) is 11.8 Å². The molecule has 4 aliphatic carbocycles. The van der Waals surface area contributed by atoms with E-state index < -0.39 is 15.6 Å². The number of primary amides is 1. The Balaban J connectivity index is 1.29. The number of nitrogens with one attached hydrogen (secondary N) is 1. The third-order valence-corrected chi connectivity index (χ3v) is 10.1. The van der Waals surface area contributed by atoms with E-state index in [9.17, 15) is 23.1 Å². The fourth-order valence-electron chi connectivity index (χ4n) is 6.99. The second kappa shape index (κ2) is 8.30. The first-order valence-electron chi connectivity index (χ1n) is 11.9. The molecule has 11 heteroatoms. The third kappa shape index (κ3) is 3.78. The number of benzene rings is 1. The number of phenolic OH excluding ortho intramolecular Hbond substituents is 1. The minimum absolute atomic E-state index is 0.0278. The quantitative estimate of drug-likeness (QED) is 0.540. The van der Waals surface area contributed by atoms with E-state index in [-0.39, 0.29) is 60.8 Å². The Hall–Kier alpha value is -2.53. The Kier molecular flexibility index (Phi) is 5.67. The number of anilines is 1. The minimum atomic E-state index is -3.96. The van der Waals surface area contributed by atoms with Gasteiger partial charge in [0, 0.05) is 30.6 Å². The molecule has 1 aromatic rings. The van der Waals surface area contributed by atoms with Crippen molar-refractivity contribution in [3.63, 3.8) is 0 Å². The predicted molar refractivity (Wildman–Crippen MR) is 124 cm³/mol. The average Bonchev–Trinajstić information content (AvgIpc) is 2.77. The molecule has 5 fully saturated rings. The van der Waals surface area contributed by atoms with E-state index in [1.807, 2.05) is 0 Å². The average molecular weight is 493 g/mol. The van der Waals surface area contributed by atoms with E-state index in [1.54, 1.807) is 0 Å². The molecule has 4 N–H and O–H groups in total. The van der Waals surface area contributed by atoms with Crippen molar-refractivity contribution in [1.82, 2.24) is 9.62 Å². The van der Waals surface area contributed by atoms with Crippen LogP contribution in [0.5, 0.6) is 11.5 Å². The van der Waals surface area contributed by atoms with Gasteiger partial charge in [-0.15, -0.1) is 0 Å². The second-order valence-corrected chi connectivity index (χ2v) is 12.2. The number of carbonyl (C=O) groups excluding carboxylic acids is 2. The Labute approximate surface area is 199 Å². The topological polar surface area (TPSA) is 142 Å². The van der Waals surface area contributed by atoms with Gasteiger partial charge in [-0.05, 0) is 68.4 Å². The standard InChI is InChI=1S/C23H32N4O6S/c1-33-19-9-17(28)3-4-18(19)27-6-2-5-26(34(27,31)32)13-20(29)25-21-15-7-14-8-16(21)12-23(10-14,11-15)22(24)30/h3-4,9,14-16,21,28H,2,5-8,10-13H2,1H3,(H2,24,30)(H,25,29). The van der Waals surface area contributed by atoms with Crippen LogP contribution in [0.15, 0.2) is 18.2 Å². The maximum Gasteiger partial charge on any atom is 0.304 e. The molecule has 4 bridgehead atoms. The third-order valence-electron chi connectivity index (χ3n) is 8.25. The normalized spacial score (nSPS) is 34.1. The van der Waals surface area contributed by atoms with E-state index in [1.165, 1.54) is 33.9 Å². The summed E-state index contributed by atoms with van der Waals surface area (Å²) in [5, 5.41) is 12.8. The van der Waals surface area contributed by atoms with E-state index in [0.29, 0.717) is 30.9 Å². The van der Waals surface area contributed by atoms with Crippen LogP contribution in [0.2, 0.25) is 0 Å². The van der Waals surface area contributed by atoms with Crippen molar-refractivity contribution in [2.75, 3.05) is 31.0 Å². The second-order valence-electron chi connectivity index (χ2n) is 10.3. The summed E-state index contributed by atoms with van der Waals surface area (Å²) in [5.74, 6) is 0.563. The van der Waals surface area contributed by atoms with Crippen LogP contribution in [0.4, 0.5) is 5.69 Å². The molecule has 6 rings (SSSR count). The molecular weight excluding hydrogens is 460 g/mol. The highest BCUT2D eigenvalue weighted by atomic mass is 32.2. The highest BCUT2D eigenvalue weighted by Gasteiger charge is 2.58. The summed E-state index contributed by atoms with van der Waals surface area (Å²) in [6, 6.07) is 4.22. The smallest absolute Gasteiger partial charge is 0.304 e. The van der Waals surface area contributed by atoms with Crippen LogP contribution in [0, 0.1) is 23.2 Å². The van der Waals surface area contributed by atoms with Crippen LogP contribution in [0.25, 0.3) is 0 Å². The number of carbonyl (C=O) groups is 2. The number of phenols is 1. The van der Waals surface area contributed by atoms with Gasteiger partial charge in [-0.1, -0.05) is 0 Å².